The number of ether oxygens (including phenoxy) is 3. The van der Waals surface area contributed by atoms with Crippen LogP contribution in [-0.2, 0) is 24.2 Å². The van der Waals surface area contributed by atoms with Gasteiger partial charge >= 0.3 is 0 Å². The van der Waals surface area contributed by atoms with Crippen LogP contribution in [0.25, 0.3) is 0 Å². The number of sulfonamides is 1. The van der Waals surface area contributed by atoms with Gasteiger partial charge in [0.15, 0.2) is 5.96 Å². The first-order chi connectivity index (χ1) is 13.1. The molecule has 9 nitrogen and oxygen atoms in total. The summed E-state index contributed by atoms with van der Waals surface area (Å²) in [5.74, 6) is 0.579. The fourth-order valence-electron chi connectivity index (χ4n) is 2.96. The molecule has 3 N–H and O–H groups in total. The summed E-state index contributed by atoms with van der Waals surface area (Å²) in [4.78, 5) is 4.10. The molecule has 2 aliphatic rings. The first-order valence-electron chi connectivity index (χ1n) is 9.82. The van der Waals surface area contributed by atoms with Crippen molar-refractivity contribution in [3.63, 3.8) is 0 Å². The summed E-state index contributed by atoms with van der Waals surface area (Å²) in [6.45, 7) is 4.20. The Morgan fingerprint density at radius 1 is 1.19 bits per heavy atom. The monoisotopic (exact) mass is 406 g/mol. The molecular formula is C17H34N4O5S. The van der Waals surface area contributed by atoms with Crippen molar-refractivity contribution < 1.29 is 22.6 Å². The Bertz CT molecular complexity index is 531. The summed E-state index contributed by atoms with van der Waals surface area (Å²) >= 11 is 0. The van der Waals surface area contributed by atoms with Crippen molar-refractivity contribution in [2.45, 2.75) is 44.3 Å². The van der Waals surface area contributed by atoms with Crippen molar-refractivity contribution in [2.24, 2.45) is 4.99 Å². The van der Waals surface area contributed by atoms with Gasteiger partial charge in [0, 0.05) is 46.5 Å². The van der Waals surface area contributed by atoms with Crippen LogP contribution in [0.5, 0.6) is 0 Å². The fraction of sp³-hybridized carbons (Fsp3) is 0.941. The number of nitrogens with zero attached hydrogens (tertiary/aromatic N) is 1. The minimum atomic E-state index is -3.33. The van der Waals surface area contributed by atoms with Crippen LogP contribution in [0.15, 0.2) is 4.99 Å². The summed E-state index contributed by atoms with van der Waals surface area (Å²) in [6.07, 6.45) is 5.09. The zero-order valence-corrected chi connectivity index (χ0v) is 17.1. The van der Waals surface area contributed by atoms with E-state index in [2.05, 4.69) is 20.3 Å². The van der Waals surface area contributed by atoms with Gasteiger partial charge in [0.1, 0.15) is 0 Å². The van der Waals surface area contributed by atoms with E-state index < -0.39 is 10.0 Å². The van der Waals surface area contributed by atoms with Crippen LogP contribution < -0.4 is 15.4 Å². The molecule has 2 unspecified atom stereocenters. The summed E-state index contributed by atoms with van der Waals surface area (Å²) in [5.41, 5.74) is 0. The lowest BCUT2D eigenvalue weighted by molar-refractivity contribution is 0.0200. The number of guanidine groups is 1. The number of hydrogen-bond donors (Lipinski definition) is 3. The maximum absolute atomic E-state index is 12.1. The van der Waals surface area contributed by atoms with Gasteiger partial charge in [-0.25, -0.2) is 13.1 Å². The van der Waals surface area contributed by atoms with Crippen molar-refractivity contribution in [3.8, 4) is 0 Å². The van der Waals surface area contributed by atoms with Crippen LogP contribution >= 0.6 is 0 Å². The van der Waals surface area contributed by atoms with E-state index >= 15 is 0 Å². The van der Waals surface area contributed by atoms with Crippen LogP contribution in [0.2, 0.25) is 0 Å². The van der Waals surface area contributed by atoms with Crippen molar-refractivity contribution in [3.05, 3.63) is 0 Å². The lowest BCUT2D eigenvalue weighted by Gasteiger charge is -2.22. The molecule has 0 radical (unpaired) electrons. The van der Waals surface area contributed by atoms with Gasteiger partial charge in [0.05, 0.1) is 24.6 Å². The Balaban J connectivity index is 1.52. The van der Waals surface area contributed by atoms with Gasteiger partial charge in [0.25, 0.3) is 0 Å². The average Bonchev–Trinajstić information content (AvgIpc) is 3.19. The topological polar surface area (TPSA) is 110 Å². The Morgan fingerprint density at radius 2 is 2.04 bits per heavy atom. The largest absolute Gasteiger partial charge is 0.379 e. The molecule has 0 spiro atoms. The quantitative estimate of drug-likeness (QED) is 0.248. The Hall–Kier alpha value is -0.940. The van der Waals surface area contributed by atoms with Crippen molar-refractivity contribution in [1.82, 2.24) is 15.4 Å². The van der Waals surface area contributed by atoms with Crippen molar-refractivity contribution >= 4 is 16.0 Å². The van der Waals surface area contributed by atoms with E-state index in [9.17, 15) is 8.42 Å². The van der Waals surface area contributed by atoms with E-state index in [-0.39, 0.29) is 24.5 Å². The molecule has 0 amide bonds. The van der Waals surface area contributed by atoms with Crippen LogP contribution in [0.1, 0.15) is 32.1 Å². The predicted octanol–water partition coefficient (Wildman–Crippen LogP) is -0.164. The molecule has 2 fully saturated rings. The lowest BCUT2D eigenvalue weighted by Crippen LogP contribution is -2.43. The highest BCUT2D eigenvalue weighted by molar-refractivity contribution is 7.89. The highest BCUT2D eigenvalue weighted by Crippen LogP contribution is 2.11. The number of nitrogens with one attached hydrogen (secondary N) is 3. The Morgan fingerprint density at radius 3 is 2.74 bits per heavy atom. The first kappa shape index (κ1) is 22.4. The smallest absolute Gasteiger partial charge is 0.213 e. The van der Waals surface area contributed by atoms with E-state index in [4.69, 9.17) is 14.2 Å². The van der Waals surface area contributed by atoms with E-state index in [1.54, 1.807) is 7.05 Å². The molecule has 0 bridgehead atoms. The number of hydrogen-bond acceptors (Lipinski definition) is 6. The highest BCUT2D eigenvalue weighted by Gasteiger charge is 2.18. The Kier molecular flexibility index (Phi) is 10.4. The molecule has 27 heavy (non-hydrogen) atoms. The average molecular weight is 407 g/mol. The third-order valence-corrected chi connectivity index (χ3v) is 5.89. The van der Waals surface area contributed by atoms with Crippen LogP contribution in [0.3, 0.4) is 0 Å². The predicted molar refractivity (Wildman–Crippen MR) is 105 cm³/mol. The third kappa shape index (κ3) is 9.70. The van der Waals surface area contributed by atoms with E-state index in [0.717, 1.165) is 45.3 Å². The molecule has 2 rings (SSSR count). The molecule has 0 saturated carbocycles. The van der Waals surface area contributed by atoms with Gasteiger partial charge in [-0.3, -0.25) is 4.99 Å². The zero-order valence-electron chi connectivity index (χ0n) is 16.2. The first-order valence-corrected chi connectivity index (χ1v) is 11.5. The fourth-order valence-corrected chi connectivity index (χ4v) is 3.91. The van der Waals surface area contributed by atoms with Crippen LogP contribution in [-0.4, -0.2) is 85.4 Å². The van der Waals surface area contributed by atoms with E-state index in [1.807, 2.05) is 0 Å². The second kappa shape index (κ2) is 12.5. The number of rotatable bonds is 11. The summed E-state index contributed by atoms with van der Waals surface area (Å²) in [6, 6.07) is 0. The van der Waals surface area contributed by atoms with E-state index in [1.165, 1.54) is 0 Å². The SMILES string of the molecule is CN=C(NCCCOC1CCOC1)NCCS(=O)(=O)NCC1CCCCO1. The third-order valence-electron chi connectivity index (χ3n) is 4.55. The molecule has 2 aliphatic heterocycles. The number of aliphatic imine (C=N–C) groups is 1. The van der Waals surface area contributed by atoms with Gasteiger partial charge < -0.3 is 24.8 Å². The normalized spacial score (nSPS) is 24.1. The molecule has 0 aliphatic carbocycles. The molecule has 2 atom stereocenters. The molecule has 158 valence electrons. The molecule has 10 heteroatoms. The van der Waals surface area contributed by atoms with Crippen LogP contribution in [0, 0.1) is 0 Å². The second-order valence-electron chi connectivity index (χ2n) is 6.79. The summed E-state index contributed by atoms with van der Waals surface area (Å²) < 4.78 is 43.3. The molecule has 0 aromatic heterocycles. The van der Waals surface area contributed by atoms with Gasteiger partial charge in [-0.05, 0) is 32.1 Å². The van der Waals surface area contributed by atoms with Gasteiger partial charge in [-0.2, -0.15) is 0 Å². The lowest BCUT2D eigenvalue weighted by atomic mass is 10.1. The van der Waals surface area contributed by atoms with Gasteiger partial charge in [0.2, 0.25) is 10.0 Å². The highest BCUT2D eigenvalue weighted by atomic mass is 32.2. The summed E-state index contributed by atoms with van der Waals surface area (Å²) in [7, 11) is -1.67. The maximum atomic E-state index is 12.1. The minimum Gasteiger partial charge on any atom is -0.379 e. The van der Waals surface area contributed by atoms with Gasteiger partial charge in [-0.15, -0.1) is 0 Å². The maximum Gasteiger partial charge on any atom is 0.213 e. The van der Waals surface area contributed by atoms with Gasteiger partial charge in [-0.1, -0.05) is 0 Å². The van der Waals surface area contributed by atoms with E-state index in [0.29, 0.717) is 32.3 Å². The standard InChI is InChI=1S/C17H34N4O5S/c1-18-17(19-7-4-10-26-16-6-11-24-14-16)20-8-12-27(22,23)21-13-15-5-2-3-9-25-15/h15-16,21H,2-14H2,1H3,(H2,18,19,20). The molecule has 2 heterocycles. The Labute approximate surface area is 162 Å². The molecular weight excluding hydrogens is 372 g/mol. The van der Waals surface area contributed by atoms with Crippen molar-refractivity contribution in [1.29, 1.82) is 0 Å². The minimum absolute atomic E-state index is 0.00562. The van der Waals surface area contributed by atoms with Crippen molar-refractivity contribution in [2.75, 3.05) is 58.9 Å². The van der Waals surface area contributed by atoms with Crippen LogP contribution in [0.4, 0.5) is 0 Å². The molecule has 0 aromatic carbocycles. The molecule has 0 aromatic rings. The zero-order chi connectivity index (χ0) is 19.4. The summed E-state index contributed by atoms with van der Waals surface area (Å²) in [5, 5.41) is 6.18. The molecule has 2 saturated heterocycles. The second-order valence-corrected chi connectivity index (χ2v) is 8.72.